The van der Waals surface area contributed by atoms with Gasteiger partial charge in [0.25, 0.3) is 0 Å². The van der Waals surface area contributed by atoms with Gasteiger partial charge in [-0.2, -0.15) is 0 Å². The molecule has 2 aromatic rings. The largest absolute Gasteiger partial charge is 0.496 e. The van der Waals surface area contributed by atoms with Crippen molar-refractivity contribution in [1.29, 1.82) is 0 Å². The number of carbonyl (C=O) groups is 2. The molecule has 0 atom stereocenters. The van der Waals surface area contributed by atoms with Crippen LogP contribution in [0.25, 0.3) is 11.3 Å². The number of aliphatic hydroxyl groups is 1. The number of ether oxygens (including phenoxy) is 1. The Morgan fingerprint density at radius 1 is 1.21 bits per heavy atom. The summed E-state index contributed by atoms with van der Waals surface area (Å²) in [5, 5.41) is 9.12. The van der Waals surface area contributed by atoms with E-state index in [1.54, 1.807) is 25.1 Å². The lowest BCUT2D eigenvalue weighted by Gasteiger charge is -2.33. The molecule has 184 valence electrons. The van der Waals surface area contributed by atoms with Crippen LogP contribution in [0.3, 0.4) is 0 Å². The van der Waals surface area contributed by atoms with E-state index in [-0.39, 0.29) is 25.0 Å². The van der Waals surface area contributed by atoms with E-state index in [0.29, 0.717) is 62.5 Å². The summed E-state index contributed by atoms with van der Waals surface area (Å²) in [5.41, 5.74) is 1.79. The molecule has 0 saturated carbocycles. The molecule has 0 bridgehead atoms. The van der Waals surface area contributed by atoms with E-state index >= 15 is 0 Å². The number of hydrogen-bond donors (Lipinski definition) is 1. The fourth-order valence-electron chi connectivity index (χ4n) is 4.78. The standard InChI is InChI=1S/C25H34N4O5/c1-18-26-16-23(34-18)21-4-3-20(15-22(21)33-2)27-11-7-24(31)29(13-12-27)17-25(32)28-9-5-19(6-10-28)8-14-30/h3-4,15-16,19,30H,5-14,17H2,1-2H3. The van der Waals surface area contributed by atoms with Gasteiger partial charge in [0.2, 0.25) is 11.8 Å². The average Bonchev–Trinajstić information content (AvgIpc) is 3.20. The quantitative estimate of drug-likeness (QED) is 0.663. The first-order valence-electron chi connectivity index (χ1n) is 12.0. The Balaban J connectivity index is 1.37. The van der Waals surface area contributed by atoms with Crippen molar-refractivity contribution in [2.45, 2.75) is 32.6 Å². The van der Waals surface area contributed by atoms with E-state index in [9.17, 15) is 9.59 Å². The van der Waals surface area contributed by atoms with Crippen LogP contribution in [0.1, 0.15) is 31.6 Å². The zero-order valence-corrected chi connectivity index (χ0v) is 20.0. The minimum Gasteiger partial charge on any atom is -0.496 e. The third-order valence-corrected chi connectivity index (χ3v) is 6.86. The van der Waals surface area contributed by atoms with E-state index in [1.165, 1.54) is 0 Å². The van der Waals surface area contributed by atoms with Crippen molar-refractivity contribution in [3.8, 4) is 17.1 Å². The maximum atomic E-state index is 12.8. The second-order valence-corrected chi connectivity index (χ2v) is 9.02. The highest BCUT2D eigenvalue weighted by molar-refractivity contribution is 5.85. The highest BCUT2D eigenvalue weighted by atomic mass is 16.5. The van der Waals surface area contributed by atoms with Crippen LogP contribution in [0, 0.1) is 12.8 Å². The molecule has 2 aliphatic heterocycles. The van der Waals surface area contributed by atoms with Gasteiger partial charge in [-0.25, -0.2) is 4.98 Å². The Morgan fingerprint density at radius 3 is 2.68 bits per heavy atom. The predicted octanol–water partition coefficient (Wildman–Crippen LogP) is 2.32. The van der Waals surface area contributed by atoms with Crippen molar-refractivity contribution < 1.29 is 23.8 Å². The molecular weight excluding hydrogens is 436 g/mol. The van der Waals surface area contributed by atoms with Gasteiger partial charge in [-0.05, 0) is 37.3 Å². The number of aryl methyl sites for hydroxylation is 1. The summed E-state index contributed by atoms with van der Waals surface area (Å²) < 4.78 is 11.2. The normalized spacial score (nSPS) is 17.7. The number of nitrogens with zero attached hydrogens (tertiary/aromatic N) is 4. The van der Waals surface area contributed by atoms with Crippen LogP contribution in [0.4, 0.5) is 5.69 Å². The lowest BCUT2D eigenvalue weighted by molar-refractivity contribution is -0.140. The number of rotatable bonds is 7. The van der Waals surface area contributed by atoms with Crippen molar-refractivity contribution in [3.63, 3.8) is 0 Å². The summed E-state index contributed by atoms with van der Waals surface area (Å²) in [4.78, 5) is 35.5. The number of oxazole rings is 1. The van der Waals surface area contributed by atoms with Crippen molar-refractivity contribution in [2.24, 2.45) is 5.92 Å². The van der Waals surface area contributed by atoms with E-state index in [2.05, 4.69) is 9.88 Å². The molecule has 34 heavy (non-hydrogen) atoms. The molecule has 1 N–H and O–H groups in total. The first-order valence-corrected chi connectivity index (χ1v) is 12.0. The number of methoxy groups -OCH3 is 1. The first-order chi connectivity index (χ1) is 16.5. The van der Waals surface area contributed by atoms with Gasteiger partial charge in [0.15, 0.2) is 11.7 Å². The summed E-state index contributed by atoms with van der Waals surface area (Å²) in [5.74, 6) is 2.43. The molecule has 1 aromatic carbocycles. The highest BCUT2D eigenvalue weighted by Gasteiger charge is 2.27. The van der Waals surface area contributed by atoms with Gasteiger partial charge in [-0.15, -0.1) is 0 Å². The third kappa shape index (κ3) is 5.52. The van der Waals surface area contributed by atoms with Crippen molar-refractivity contribution in [3.05, 3.63) is 30.3 Å². The SMILES string of the molecule is COc1cc(N2CCC(=O)N(CC(=O)N3CCC(CCO)CC3)CC2)ccc1-c1cnc(C)o1. The number of anilines is 1. The lowest BCUT2D eigenvalue weighted by atomic mass is 9.94. The van der Waals surface area contributed by atoms with Gasteiger partial charge in [0, 0.05) is 64.4 Å². The zero-order valence-electron chi connectivity index (χ0n) is 20.0. The topological polar surface area (TPSA) is 99.4 Å². The second kappa shape index (κ2) is 10.9. The molecule has 0 spiro atoms. The van der Waals surface area contributed by atoms with Crippen LogP contribution >= 0.6 is 0 Å². The average molecular weight is 471 g/mol. The Kier molecular flexibility index (Phi) is 7.72. The van der Waals surface area contributed by atoms with Crippen molar-refractivity contribution >= 4 is 17.5 Å². The number of aliphatic hydroxyl groups excluding tert-OH is 1. The van der Waals surface area contributed by atoms with E-state index in [0.717, 1.165) is 30.5 Å². The fraction of sp³-hybridized carbons (Fsp3) is 0.560. The van der Waals surface area contributed by atoms with Crippen LogP contribution in [-0.2, 0) is 9.59 Å². The monoisotopic (exact) mass is 470 g/mol. The maximum absolute atomic E-state index is 12.8. The maximum Gasteiger partial charge on any atom is 0.242 e. The van der Waals surface area contributed by atoms with Crippen LogP contribution < -0.4 is 9.64 Å². The van der Waals surface area contributed by atoms with Gasteiger partial charge < -0.3 is 29.0 Å². The number of hydrogen-bond acceptors (Lipinski definition) is 7. The summed E-state index contributed by atoms with van der Waals surface area (Å²) >= 11 is 0. The van der Waals surface area contributed by atoms with E-state index < -0.39 is 0 Å². The Morgan fingerprint density at radius 2 is 2.00 bits per heavy atom. The molecule has 2 aliphatic rings. The zero-order chi connectivity index (χ0) is 24.1. The minimum absolute atomic E-state index is 0.00624. The van der Waals surface area contributed by atoms with E-state index in [4.69, 9.17) is 14.3 Å². The van der Waals surface area contributed by atoms with Crippen molar-refractivity contribution in [2.75, 3.05) is 57.9 Å². The number of carbonyl (C=O) groups excluding carboxylic acids is 2. The summed E-state index contributed by atoms with van der Waals surface area (Å²) in [6.45, 7) is 5.26. The molecule has 3 heterocycles. The van der Waals surface area contributed by atoms with Gasteiger partial charge in [-0.3, -0.25) is 9.59 Å². The Hall–Kier alpha value is -3.07. The fourth-order valence-corrected chi connectivity index (χ4v) is 4.78. The molecular formula is C25H34N4O5. The molecule has 0 unspecified atom stereocenters. The molecule has 0 radical (unpaired) electrons. The highest BCUT2D eigenvalue weighted by Crippen LogP contribution is 2.34. The van der Waals surface area contributed by atoms with Crippen LogP contribution in [-0.4, -0.2) is 84.7 Å². The van der Waals surface area contributed by atoms with Crippen LogP contribution in [0.2, 0.25) is 0 Å². The number of aromatic nitrogens is 1. The number of likely N-dealkylation sites (tertiary alicyclic amines) is 1. The number of amides is 2. The summed E-state index contributed by atoms with van der Waals surface area (Å²) in [6.07, 6.45) is 4.67. The molecule has 2 saturated heterocycles. The lowest BCUT2D eigenvalue weighted by Crippen LogP contribution is -2.46. The molecule has 1 aromatic heterocycles. The second-order valence-electron chi connectivity index (χ2n) is 9.02. The third-order valence-electron chi connectivity index (χ3n) is 6.86. The van der Waals surface area contributed by atoms with Gasteiger partial charge in [-0.1, -0.05) is 0 Å². The van der Waals surface area contributed by atoms with Gasteiger partial charge in [0.1, 0.15) is 5.75 Å². The first kappa shape index (κ1) is 24.1. The predicted molar refractivity (Wildman–Crippen MR) is 128 cm³/mol. The molecule has 2 amide bonds. The molecule has 9 heteroatoms. The number of benzene rings is 1. The molecule has 0 aliphatic carbocycles. The van der Waals surface area contributed by atoms with Gasteiger partial charge in [0.05, 0.1) is 25.4 Å². The smallest absolute Gasteiger partial charge is 0.242 e. The van der Waals surface area contributed by atoms with Crippen LogP contribution in [0.5, 0.6) is 5.75 Å². The summed E-state index contributed by atoms with van der Waals surface area (Å²) in [7, 11) is 1.62. The molecule has 9 nitrogen and oxygen atoms in total. The molecule has 2 fully saturated rings. The Bertz CT molecular complexity index is 999. The number of piperidine rings is 1. The van der Waals surface area contributed by atoms with E-state index in [1.807, 2.05) is 23.1 Å². The Labute approximate surface area is 200 Å². The van der Waals surface area contributed by atoms with Gasteiger partial charge >= 0.3 is 0 Å². The van der Waals surface area contributed by atoms with Crippen molar-refractivity contribution in [1.82, 2.24) is 14.8 Å². The minimum atomic E-state index is 0.00624. The van der Waals surface area contributed by atoms with Crippen LogP contribution in [0.15, 0.2) is 28.8 Å². The summed E-state index contributed by atoms with van der Waals surface area (Å²) in [6, 6.07) is 5.90. The molecule has 4 rings (SSSR count).